The number of nitrogens with one attached hydrogen (secondary N) is 2. The number of H-pyrrole nitrogens is 1. The first kappa shape index (κ1) is 18.0. The third kappa shape index (κ3) is 3.96. The maximum Gasteiger partial charge on any atom is 0.258 e. The van der Waals surface area contributed by atoms with E-state index in [-0.39, 0.29) is 23.7 Å². The molecule has 140 valence electrons. The smallest absolute Gasteiger partial charge is 0.258 e. The van der Waals surface area contributed by atoms with E-state index in [0.717, 1.165) is 5.56 Å². The third-order valence-corrected chi connectivity index (χ3v) is 4.90. The number of halogens is 1. The van der Waals surface area contributed by atoms with Crippen LogP contribution >= 0.6 is 11.3 Å². The summed E-state index contributed by atoms with van der Waals surface area (Å²) in [7, 11) is 0. The predicted molar refractivity (Wildman–Crippen MR) is 107 cm³/mol. The summed E-state index contributed by atoms with van der Waals surface area (Å²) in [5.41, 5.74) is 1.83. The molecule has 0 spiro atoms. The lowest BCUT2D eigenvalue weighted by Gasteiger charge is -2.03. The van der Waals surface area contributed by atoms with Crippen molar-refractivity contribution in [2.75, 3.05) is 5.32 Å². The van der Waals surface area contributed by atoms with Crippen molar-refractivity contribution < 1.29 is 9.18 Å². The molecule has 0 fully saturated rings. The van der Waals surface area contributed by atoms with E-state index < -0.39 is 0 Å². The lowest BCUT2D eigenvalue weighted by atomic mass is 10.2. The van der Waals surface area contributed by atoms with Gasteiger partial charge in [-0.05, 0) is 36.4 Å². The van der Waals surface area contributed by atoms with Crippen LogP contribution in [0.1, 0.15) is 12.2 Å². The Labute approximate surface area is 163 Å². The van der Waals surface area contributed by atoms with Crippen LogP contribution in [0, 0.1) is 5.82 Å². The van der Waals surface area contributed by atoms with Gasteiger partial charge in [-0.15, -0.1) is 11.3 Å². The van der Waals surface area contributed by atoms with Crippen molar-refractivity contribution in [2.24, 2.45) is 0 Å². The number of carbonyl (C=O) groups is 1. The number of thiazole rings is 1. The molecule has 28 heavy (non-hydrogen) atoms. The Morgan fingerprint density at radius 2 is 1.89 bits per heavy atom. The molecule has 4 rings (SSSR count). The molecule has 6 nitrogen and oxygen atoms in total. The van der Waals surface area contributed by atoms with Gasteiger partial charge in [-0.2, -0.15) is 0 Å². The van der Waals surface area contributed by atoms with Gasteiger partial charge >= 0.3 is 0 Å². The molecule has 0 saturated carbocycles. The Hall–Kier alpha value is -3.39. The zero-order chi connectivity index (χ0) is 19.5. The van der Waals surface area contributed by atoms with Gasteiger partial charge in [0.2, 0.25) is 5.91 Å². The quantitative estimate of drug-likeness (QED) is 0.540. The summed E-state index contributed by atoms with van der Waals surface area (Å²) >= 11 is 1.29. The average molecular weight is 394 g/mol. The molecule has 0 aliphatic carbocycles. The standard InChI is InChI=1S/C20H15FN4O2S/c21-13-7-5-12(6-8-13)16-11-28-20(23-16)25-18(26)10-9-17-22-15-4-2-1-3-14(15)19(27)24-17/h1-8,11H,9-10H2,(H,22,24,27)(H,23,25,26). The number of amides is 1. The van der Waals surface area contributed by atoms with Gasteiger partial charge in [-0.3, -0.25) is 9.59 Å². The molecule has 2 heterocycles. The summed E-state index contributed by atoms with van der Waals surface area (Å²) in [6, 6.07) is 13.1. The van der Waals surface area contributed by atoms with E-state index in [2.05, 4.69) is 20.3 Å². The summed E-state index contributed by atoms with van der Waals surface area (Å²) < 4.78 is 13.0. The molecule has 2 aromatic carbocycles. The first-order chi connectivity index (χ1) is 13.6. The number of aryl methyl sites for hydroxylation is 1. The molecule has 0 atom stereocenters. The SMILES string of the molecule is O=C(CCc1nc2ccccc2c(=O)[nH]1)Nc1nc(-c2ccc(F)cc2)cs1. The topological polar surface area (TPSA) is 87.7 Å². The second-order valence-electron chi connectivity index (χ2n) is 6.12. The highest BCUT2D eigenvalue weighted by molar-refractivity contribution is 7.14. The van der Waals surface area contributed by atoms with Crippen LogP contribution in [-0.2, 0) is 11.2 Å². The molecule has 4 aromatic rings. The van der Waals surface area contributed by atoms with Gasteiger partial charge in [-0.25, -0.2) is 14.4 Å². The van der Waals surface area contributed by atoms with Gasteiger partial charge in [0.15, 0.2) is 5.13 Å². The number of carbonyl (C=O) groups excluding carboxylic acids is 1. The molecule has 2 aromatic heterocycles. The van der Waals surface area contributed by atoms with E-state index in [1.54, 1.807) is 35.7 Å². The number of anilines is 1. The van der Waals surface area contributed by atoms with Crippen LogP contribution in [0.4, 0.5) is 9.52 Å². The molecule has 8 heteroatoms. The fraction of sp³-hybridized carbons (Fsp3) is 0.100. The lowest BCUT2D eigenvalue weighted by molar-refractivity contribution is -0.116. The Morgan fingerprint density at radius 1 is 1.11 bits per heavy atom. The zero-order valence-electron chi connectivity index (χ0n) is 14.6. The summed E-state index contributed by atoms with van der Waals surface area (Å²) in [4.78, 5) is 35.7. The number of hydrogen-bond donors (Lipinski definition) is 2. The van der Waals surface area contributed by atoms with Gasteiger partial charge < -0.3 is 10.3 Å². The van der Waals surface area contributed by atoms with Crippen LogP contribution in [0.25, 0.3) is 22.2 Å². The number of nitrogens with zero attached hydrogens (tertiary/aromatic N) is 2. The summed E-state index contributed by atoms with van der Waals surface area (Å²) in [6.07, 6.45) is 0.467. The second kappa shape index (κ2) is 7.69. The van der Waals surface area contributed by atoms with Crippen LogP contribution in [0.3, 0.4) is 0 Å². The van der Waals surface area contributed by atoms with E-state index >= 15 is 0 Å². The molecular weight excluding hydrogens is 379 g/mol. The highest BCUT2D eigenvalue weighted by Gasteiger charge is 2.10. The fourth-order valence-electron chi connectivity index (χ4n) is 2.75. The second-order valence-corrected chi connectivity index (χ2v) is 6.98. The van der Waals surface area contributed by atoms with Crippen molar-refractivity contribution in [1.82, 2.24) is 15.0 Å². The highest BCUT2D eigenvalue weighted by atomic mass is 32.1. The van der Waals surface area contributed by atoms with E-state index in [1.165, 1.54) is 23.5 Å². The van der Waals surface area contributed by atoms with Gasteiger partial charge in [0.25, 0.3) is 5.56 Å². The minimum absolute atomic E-state index is 0.159. The van der Waals surface area contributed by atoms with Crippen LogP contribution in [0.15, 0.2) is 58.7 Å². The molecule has 0 bridgehead atoms. The highest BCUT2D eigenvalue weighted by Crippen LogP contribution is 2.25. The Kier molecular flexibility index (Phi) is 4.94. The van der Waals surface area contributed by atoms with E-state index in [1.807, 2.05) is 6.07 Å². The van der Waals surface area contributed by atoms with Crippen LogP contribution in [0.2, 0.25) is 0 Å². The Balaban J connectivity index is 1.40. The molecule has 0 radical (unpaired) electrons. The van der Waals surface area contributed by atoms with Crippen LogP contribution in [-0.4, -0.2) is 20.9 Å². The average Bonchev–Trinajstić information content (AvgIpc) is 3.15. The number of hydrogen-bond acceptors (Lipinski definition) is 5. The number of aromatic amines is 1. The monoisotopic (exact) mass is 394 g/mol. The third-order valence-electron chi connectivity index (χ3n) is 4.14. The maximum atomic E-state index is 13.0. The molecule has 0 saturated heterocycles. The van der Waals surface area contributed by atoms with Gasteiger partial charge in [0.1, 0.15) is 11.6 Å². The molecular formula is C20H15FN4O2S. The number of benzene rings is 2. The number of aromatic nitrogens is 3. The molecule has 0 unspecified atom stereocenters. The van der Waals surface area contributed by atoms with E-state index in [0.29, 0.717) is 34.0 Å². The Bertz CT molecular complexity index is 1200. The van der Waals surface area contributed by atoms with E-state index in [4.69, 9.17) is 0 Å². The minimum Gasteiger partial charge on any atom is -0.310 e. The lowest BCUT2D eigenvalue weighted by Crippen LogP contribution is -2.16. The number of rotatable bonds is 5. The molecule has 0 aliphatic heterocycles. The summed E-state index contributed by atoms with van der Waals surface area (Å²) in [5.74, 6) is -0.0753. The van der Waals surface area contributed by atoms with Crippen LogP contribution < -0.4 is 10.9 Å². The normalized spacial score (nSPS) is 10.9. The van der Waals surface area contributed by atoms with Crippen molar-refractivity contribution in [1.29, 1.82) is 0 Å². The van der Waals surface area contributed by atoms with Crippen LogP contribution in [0.5, 0.6) is 0 Å². The minimum atomic E-state index is -0.312. The Morgan fingerprint density at radius 3 is 2.71 bits per heavy atom. The van der Waals surface area contributed by atoms with Crippen molar-refractivity contribution in [3.8, 4) is 11.3 Å². The maximum absolute atomic E-state index is 13.0. The fourth-order valence-corrected chi connectivity index (χ4v) is 3.49. The first-order valence-electron chi connectivity index (χ1n) is 8.58. The largest absolute Gasteiger partial charge is 0.310 e. The zero-order valence-corrected chi connectivity index (χ0v) is 15.4. The first-order valence-corrected chi connectivity index (χ1v) is 9.46. The molecule has 2 N–H and O–H groups in total. The molecule has 1 amide bonds. The molecule has 0 aliphatic rings. The number of fused-ring (bicyclic) bond motifs is 1. The van der Waals surface area contributed by atoms with Gasteiger partial charge in [0, 0.05) is 23.8 Å². The van der Waals surface area contributed by atoms with Crippen molar-refractivity contribution in [3.63, 3.8) is 0 Å². The van der Waals surface area contributed by atoms with Gasteiger partial charge in [-0.1, -0.05) is 12.1 Å². The summed E-state index contributed by atoms with van der Waals surface area (Å²) in [5, 5.41) is 5.52. The van der Waals surface area contributed by atoms with Crippen molar-refractivity contribution in [3.05, 3.63) is 75.9 Å². The summed E-state index contributed by atoms with van der Waals surface area (Å²) in [6.45, 7) is 0. The van der Waals surface area contributed by atoms with Crippen molar-refractivity contribution in [2.45, 2.75) is 12.8 Å². The van der Waals surface area contributed by atoms with Crippen molar-refractivity contribution >= 4 is 33.3 Å². The van der Waals surface area contributed by atoms with Gasteiger partial charge in [0.05, 0.1) is 16.6 Å². The van der Waals surface area contributed by atoms with E-state index in [9.17, 15) is 14.0 Å². The number of para-hydroxylation sites is 1. The predicted octanol–water partition coefficient (Wildman–Crippen LogP) is 3.76.